The second-order valence-electron chi connectivity index (χ2n) is 20.6. The average Bonchev–Trinajstić information content (AvgIpc) is 3.35. The van der Waals surface area contributed by atoms with Gasteiger partial charge in [-0.3, -0.25) is 13.8 Å². The fraction of sp³-hybridized carbons (Fsp3) is 0.672. The number of carbonyl (C=O) groups excluding carboxylic acids is 1. The van der Waals surface area contributed by atoms with E-state index >= 15 is 0 Å². The van der Waals surface area contributed by atoms with Gasteiger partial charge in [0.15, 0.2) is 0 Å². The van der Waals surface area contributed by atoms with Crippen LogP contribution >= 0.6 is 7.82 Å². The third-order valence-electron chi connectivity index (χ3n) is 12.4. The van der Waals surface area contributed by atoms with Gasteiger partial charge in [0.25, 0.3) is 0 Å². The summed E-state index contributed by atoms with van der Waals surface area (Å²) in [5, 5.41) is 13.8. The van der Waals surface area contributed by atoms with Gasteiger partial charge in [-0.25, -0.2) is 4.57 Å². The van der Waals surface area contributed by atoms with Crippen LogP contribution in [0.2, 0.25) is 0 Å². The molecule has 0 radical (unpaired) electrons. The zero-order chi connectivity index (χ0) is 53.5. The van der Waals surface area contributed by atoms with Gasteiger partial charge in [0.2, 0.25) is 5.91 Å². The summed E-state index contributed by atoms with van der Waals surface area (Å²) >= 11 is 0. The fourth-order valence-electron chi connectivity index (χ4n) is 7.86. The molecule has 3 unspecified atom stereocenters. The normalized spacial score (nSPS) is 14.8. The summed E-state index contributed by atoms with van der Waals surface area (Å²) in [4.78, 5) is 23.2. The number of phosphoric acid groups is 1. The number of hydrogen-bond donors (Lipinski definition) is 3. The first kappa shape index (κ1) is 69.9. The van der Waals surface area contributed by atoms with Crippen LogP contribution in [0.3, 0.4) is 0 Å². The predicted molar refractivity (Wildman–Crippen MR) is 318 cm³/mol. The van der Waals surface area contributed by atoms with Gasteiger partial charge in [-0.2, -0.15) is 0 Å². The number of nitrogens with one attached hydrogen (secondary N) is 1. The quantitative estimate of drug-likeness (QED) is 0.0243. The van der Waals surface area contributed by atoms with Gasteiger partial charge >= 0.3 is 7.82 Å². The molecule has 0 spiro atoms. The van der Waals surface area contributed by atoms with E-state index < -0.39 is 20.0 Å². The predicted octanol–water partition coefficient (Wildman–Crippen LogP) is 18.1. The molecule has 8 nitrogen and oxygen atoms in total. The molecule has 0 aromatic heterocycles. The van der Waals surface area contributed by atoms with Gasteiger partial charge in [-0.15, -0.1) is 0 Å². The first-order valence-electron chi connectivity index (χ1n) is 29.4. The lowest BCUT2D eigenvalue weighted by Gasteiger charge is -2.25. The van der Waals surface area contributed by atoms with Crippen LogP contribution in [0.5, 0.6) is 0 Å². The molecule has 0 heterocycles. The van der Waals surface area contributed by atoms with Crippen LogP contribution in [-0.2, 0) is 18.4 Å². The lowest BCUT2D eigenvalue weighted by molar-refractivity contribution is -0.870. The van der Waals surface area contributed by atoms with Crippen LogP contribution < -0.4 is 5.32 Å². The molecule has 418 valence electrons. The lowest BCUT2D eigenvalue weighted by Crippen LogP contribution is -2.45. The van der Waals surface area contributed by atoms with Crippen molar-refractivity contribution in [1.82, 2.24) is 5.32 Å². The Hall–Kier alpha value is -3.10. The summed E-state index contributed by atoms with van der Waals surface area (Å²) in [6.07, 6.45) is 80.3. The molecule has 0 saturated carbocycles. The van der Waals surface area contributed by atoms with E-state index in [0.717, 1.165) is 96.3 Å². The fourth-order valence-corrected chi connectivity index (χ4v) is 8.59. The number of aliphatic hydroxyl groups excluding tert-OH is 1. The third kappa shape index (κ3) is 56.5. The van der Waals surface area contributed by atoms with Crippen molar-refractivity contribution in [2.24, 2.45) is 0 Å². The minimum Gasteiger partial charge on any atom is -0.387 e. The van der Waals surface area contributed by atoms with Crippen molar-refractivity contribution >= 4 is 13.7 Å². The number of hydrogen-bond acceptors (Lipinski definition) is 5. The number of likely N-dealkylation sites (N-methyl/N-ethyl adjacent to an activating group) is 1. The highest BCUT2D eigenvalue weighted by Gasteiger charge is 2.27. The smallest absolute Gasteiger partial charge is 0.387 e. The summed E-state index contributed by atoms with van der Waals surface area (Å²) in [5.74, 6) is -0.185. The monoisotopic (exact) mass is 1040 g/mol. The van der Waals surface area contributed by atoms with Crippen LogP contribution in [0.1, 0.15) is 226 Å². The van der Waals surface area contributed by atoms with Crippen LogP contribution in [0.4, 0.5) is 0 Å². The molecule has 3 atom stereocenters. The molecule has 0 bridgehead atoms. The maximum atomic E-state index is 12.9. The van der Waals surface area contributed by atoms with Crippen molar-refractivity contribution in [2.75, 3.05) is 40.9 Å². The molecular formula is C64H112N2O6P+. The number of carbonyl (C=O) groups is 1. The summed E-state index contributed by atoms with van der Waals surface area (Å²) in [5.41, 5.74) is 0. The molecule has 73 heavy (non-hydrogen) atoms. The Morgan fingerprint density at radius 2 is 0.822 bits per heavy atom. The Balaban J connectivity index is 3.98. The second-order valence-corrected chi connectivity index (χ2v) is 22.1. The highest BCUT2D eigenvalue weighted by atomic mass is 31.2. The van der Waals surface area contributed by atoms with E-state index in [1.165, 1.54) is 109 Å². The minimum absolute atomic E-state index is 0.0568. The maximum absolute atomic E-state index is 12.9. The number of allylic oxidation sites excluding steroid dienone is 19. The molecule has 3 N–H and O–H groups in total. The highest BCUT2D eigenvalue weighted by molar-refractivity contribution is 7.47. The Morgan fingerprint density at radius 3 is 1.21 bits per heavy atom. The van der Waals surface area contributed by atoms with E-state index in [2.05, 4.69) is 129 Å². The Morgan fingerprint density at radius 1 is 0.479 bits per heavy atom. The maximum Gasteiger partial charge on any atom is 0.472 e. The lowest BCUT2D eigenvalue weighted by atomic mass is 10.0. The second kappa shape index (κ2) is 53.7. The highest BCUT2D eigenvalue weighted by Crippen LogP contribution is 2.43. The first-order valence-corrected chi connectivity index (χ1v) is 30.9. The molecule has 0 rings (SSSR count). The number of amides is 1. The van der Waals surface area contributed by atoms with Crippen molar-refractivity contribution in [3.8, 4) is 0 Å². The number of nitrogens with zero attached hydrogens (tertiary/aromatic N) is 1. The molecule has 0 aliphatic rings. The van der Waals surface area contributed by atoms with E-state index in [1.807, 2.05) is 27.2 Å². The van der Waals surface area contributed by atoms with Crippen molar-refractivity contribution < 1.29 is 32.9 Å². The number of unbranched alkanes of at least 4 members (excludes halogenated alkanes) is 21. The molecule has 0 aromatic carbocycles. The SMILES string of the molecule is CC/C=C\C/C=C\C/C=C\C/C=C\C/C=C\C/C=C\C/C=C\C/C=C\C/C=C\CCCCCCCCCCCCCCCC(=O)NC(COP(=O)(O)OCC[N+](C)(C)C)C(O)/C=C/CCCCCCCCCC. The van der Waals surface area contributed by atoms with Gasteiger partial charge in [-0.1, -0.05) is 251 Å². The molecule has 0 aliphatic heterocycles. The van der Waals surface area contributed by atoms with Crippen LogP contribution in [-0.4, -0.2) is 73.4 Å². The van der Waals surface area contributed by atoms with Gasteiger partial charge in [0.05, 0.1) is 39.9 Å². The van der Waals surface area contributed by atoms with E-state index in [1.54, 1.807) is 6.08 Å². The van der Waals surface area contributed by atoms with Crippen LogP contribution in [0.15, 0.2) is 122 Å². The van der Waals surface area contributed by atoms with Gasteiger partial charge in [0, 0.05) is 6.42 Å². The number of rotatable bonds is 52. The average molecular weight is 1040 g/mol. The van der Waals surface area contributed by atoms with Crippen LogP contribution in [0, 0.1) is 0 Å². The van der Waals surface area contributed by atoms with Gasteiger partial charge in [0.1, 0.15) is 13.2 Å². The summed E-state index contributed by atoms with van der Waals surface area (Å²) in [7, 11) is 1.56. The molecule has 0 aromatic rings. The van der Waals surface area contributed by atoms with Crippen molar-refractivity contribution in [3.63, 3.8) is 0 Å². The van der Waals surface area contributed by atoms with Crippen molar-refractivity contribution in [1.29, 1.82) is 0 Å². The van der Waals surface area contributed by atoms with Crippen molar-refractivity contribution in [2.45, 2.75) is 238 Å². The molecule has 0 saturated heterocycles. The Bertz CT molecular complexity index is 1600. The zero-order valence-electron chi connectivity index (χ0n) is 47.6. The zero-order valence-corrected chi connectivity index (χ0v) is 48.5. The molecule has 0 aliphatic carbocycles. The number of aliphatic hydroxyl groups is 1. The molecule has 0 fully saturated rings. The Kier molecular flexibility index (Phi) is 51.4. The van der Waals surface area contributed by atoms with E-state index in [0.29, 0.717) is 17.4 Å². The first-order chi connectivity index (χ1) is 35.5. The summed E-state index contributed by atoms with van der Waals surface area (Å²) in [6, 6.07) is -0.852. The van der Waals surface area contributed by atoms with E-state index in [9.17, 15) is 19.4 Å². The molecule has 9 heteroatoms. The van der Waals surface area contributed by atoms with E-state index in [4.69, 9.17) is 9.05 Å². The topological polar surface area (TPSA) is 105 Å². The minimum atomic E-state index is -4.34. The Labute approximate surface area is 450 Å². The summed E-state index contributed by atoms with van der Waals surface area (Å²) < 4.78 is 23.6. The molecular weight excluding hydrogens is 924 g/mol. The van der Waals surface area contributed by atoms with Gasteiger partial charge < -0.3 is 19.8 Å². The van der Waals surface area contributed by atoms with Crippen molar-refractivity contribution in [3.05, 3.63) is 122 Å². The van der Waals surface area contributed by atoms with E-state index in [-0.39, 0.29) is 19.1 Å². The third-order valence-corrected chi connectivity index (χ3v) is 13.4. The number of phosphoric ester groups is 1. The largest absolute Gasteiger partial charge is 0.472 e. The molecule has 1 amide bonds. The van der Waals surface area contributed by atoms with Gasteiger partial charge in [-0.05, 0) is 89.9 Å². The standard InChI is InChI=1S/C64H111N2O6P/c1-6-8-10-12-14-16-18-19-20-21-22-23-24-25-26-27-28-29-30-31-32-33-34-35-36-37-38-39-40-41-42-43-44-45-46-47-48-50-52-54-56-58-64(68)65-62(61-72-73(69,70)71-60-59-66(3,4)5)63(67)57-55-53-51-49-17-15-13-11-9-7-2/h8,10,14,16,19-20,22-23,25-26,28-29,31-32,34-35,37-38,55,57,62-63,67H,6-7,9,11-13,15,17-18,21,24,27,30,33,36,39-54,56,58-61H2,1-5H3,(H-,65,68,69,70)/p+1/b10-8-,16-14-,20-19-,23-22-,26-25-,29-28-,32-31-,35-34-,38-37-,57-55+. The van der Waals surface area contributed by atoms with Crippen LogP contribution in [0.25, 0.3) is 0 Å². The summed E-state index contributed by atoms with van der Waals surface area (Å²) in [6.45, 7) is 4.66. The number of quaternary nitrogens is 1.